The van der Waals surface area contributed by atoms with E-state index in [2.05, 4.69) is 0 Å². The van der Waals surface area contributed by atoms with E-state index in [0.717, 1.165) is 61.0 Å². The van der Waals surface area contributed by atoms with Gasteiger partial charge in [0, 0.05) is 29.7 Å². The minimum Gasteiger partial charge on any atom is -0.545 e. The van der Waals surface area contributed by atoms with Crippen molar-refractivity contribution in [2.45, 2.75) is 45.6 Å². The van der Waals surface area contributed by atoms with Crippen LogP contribution in [0.5, 0.6) is 5.75 Å². The molecule has 1 aliphatic heterocycles. The minimum atomic E-state index is -1.25. The summed E-state index contributed by atoms with van der Waals surface area (Å²) >= 11 is 0. The standard InChI is InChI=1S/C29H29NO5.Na/c1-16-7-8-25(34-20-13-19(14-20)18-9-11-33-12-10-18)26-22(29(31)32)15-23(30-27(16)26)28-17(2)21-5-3-4-6-24(21)35-28;/h3-8,15,18-20H,9-14H2,1-2H3,(H,31,32);/q;+1/p-1. The average molecular weight is 494 g/mol. The number of rotatable bonds is 5. The van der Waals surface area contributed by atoms with Crippen molar-refractivity contribution in [2.75, 3.05) is 13.2 Å². The van der Waals surface area contributed by atoms with Crippen LogP contribution in [0, 0.1) is 25.7 Å². The summed E-state index contributed by atoms with van der Waals surface area (Å²) in [6.07, 6.45) is 4.30. The van der Waals surface area contributed by atoms with Gasteiger partial charge in [0.05, 0.1) is 23.0 Å². The molecule has 36 heavy (non-hydrogen) atoms. The number of aryl methyl sites for hydroxylation is 2. The number of hydrogen-bond donors (Lipinski definition) is 0. The maximum Gasteiger partial charge on any atom is 1.00 e. The summed E-state index contributed by atoms with van der Waals surface area (Å²) in [6.45, 7) is 5.59. The van der Waals surface area contributed by atoms with E-state index in [-0.39, 0.29) is 41.2 Å². The smallest absolute Gasteiger partial charge is 0.545 e. The molecule has 2 aliphatic rings. The number of carbonyl (C=O) groups is 1. The largest absolute Gasteiger partial charge is 1.00 e. The number of hydrogen-bond acceptors (Lipinski definition) is 6. The van der Waals surface area contributed by atoms with E-state index in [1.54, 1.807) is 6.07 Å². The molecule has 0 amide bonds. The van der Waals surface area contributed by atoms with Gasteiger partial charge in [-0.1, -0.05) is 24.3 Å². The summed E-state index contributed by atoms with van der Waals surface area (Å²) in [5.41, 5.74) is 3.70. The van der Waals surface area contributed by atoms with Gasteiger partial charge in [0.1, 0.15) is 17.0 Å². The number of fused-ring (bicyclic) bond motifs is 2. The second-order valence-electron chi connectivity index (χ2n) is 9.92. The molecule has 4 aromatic rings. The molecular formula is C29H28NNaO5. The molecule has 2 aromatic heterocycles. The molecule has 0 atom stereocenters. The minimum absolute atomic E-state index is 0. The Hall–Kier alpha value is -2.38. The van der Waals surface area contributed by atoms with Crippen LogP contribution in [0.2, 0.25) is 0 Å². The van der Waals surface area contributed by atoms with E-state index in [4.69, 9.17) is 18.9 Å². The summed E-state index contributed by atoms with van der Waals surface area (Å²) in [6, 6.07) is 13.1. The molecule has 7 heteroatoms. The van der Waals surface area contributed by atoms with Crippen LogP contribution in [0.3, 0.4) is 0 Å². The molecule has 1 aliphatic carbocycles. The fourth-order valence-electron chi connectivity index (χ4n) is 5.69. The maximum atomic E-state index is 12.3. The van der Waals surface area contributed by atoms with E-state index in [9.17, 15) is 9.90 Å². The van der Waals surface area contributed by atoms with Gasteiger partial charge in [-0.25, -0.2) is 4.98 Å². The zero-order valence-electron chi connectivity index (χ0n) is 21.0. The van der Waals surface area contributed by atoms with Gasteiger partial charge in [-0.2, -0.15) is 0 Å². The predicted molar refractivity (Wildman–Crippen MR) is 131 cm³/mol. The van der Waals surface area contributed by atoms with Crippen LogP contribution in [0.25, 0.3) is 33.3 Å². The topological polar surface area (TPSA) is 84.6 Å². The average Bonchev–Trinajstić information content (AvgIpc) is 3.19. The number of carboxylic acid groups (broad SMARTS) is 1. The quantitative estimate of drug-likeness (QED) is 0.397. The number of aromatic carboxylic acids is 1. The van der Waals surface area contributed by atoms with Gasteiger partial charge in [-0.15, -0.1) is 0 Å². The number of aromatic nitrogens is 1. The zero-order valence-corrected chi connectivity index (χ0v) is 23.0. The summed E-state index contributed by atoms with van der Waals surface area (Å²) in [7, 11) is 0. The van der Waals surface area contributed by atoms with Crippen LogP contribution in [0.15, 0.2) is 46.9 Å². The number of carboxylic acids is 1. The predicted octanol–water partition coefficient (Wildman–Crippen LogP) is 2.22. The number of furan rings is 1. The molecule has 2 fully saturated rings. The first-order chi connectivity index (χ1) is 17.0. The Bertz CT molecular complexity index is 1430. The van der Waals surface area contributed by atoms with Crippen LogP contribution in [0.4, 0.5) is 0 Å². The van der Waals surface area contributed by atoms with Crippen LogP contribution in [0.1, 0.15) is 47.2 Å². The number of carbonyl (C=O) groups excluding carboxylic acids is 1. The van der Waals surface area contributed by atoms with E-state index in [0.29, 0.717) is 39.9 Å². The first kappa shape index (κ1) is 25.3. The Morgan fingerprint density at radius 3 is 2.53 bits per heavy atom. The third-order valence-electron chi connectivity index (χ3n) is 7.78. The van der Waals surface area contributed by atoms with Crippen molar-refractivity contribution in [2.24, 2.45) is 11.8 Å². The Morgan fingerprint density at radius 2 is 1.81 bits per heavy atom. The zero-order chi connectivity index (χ0) is 24.1. The van der Waals surface area contributed by atoms with Gasteiger partial charge in [0.15, 0.2) is 5.76 Å². The van der Waals surface area contributed by atoms with Crippen molar-refractivity contribution < 1.29 is 53.3 Å². The second-order valence-corrected chi connectivity index (χ2v) is 9.92. The first-order valence-electron chi connectivity index (χ1n) is 12.4. The molecule has 0 unspecified atom stereocenters. The van der Waals surface area contributed by atoms with Crippen molar-refractivity contribution in [1.82, 2.24) is 4.98 Å². The van der Waals surface area contributed by atoms with E-state index in [1.807, 2.05) is 50.2 Å². The van der Waals surface area contributed by atoms with Crippen molar-refractivity contribution in [3.63, 3.8) is 0 Å². The fraction of sp³-hybridized carbons (Fsp3) is 0.379. The summed E-state index contributed by atoms with van der Waals surface area (Å²) in [4.78, 5) is 17.2. The van der Waals surface area contributed by atoms with Crippen LogP contribution in [-0.2, 0) is 4.74 Å². The van der Waals surface area contributed by atoms with Gasteiger partial charge in [-0.05, 0) is 75.1 Å². The Labute approximate surface area is 232 Å². The number of para-hydroxylation sites is 1. The van der Waals surface area contributed by atoms with Gasteiger partial charge >= 0.3 is 29.6 Å². The number of ether oxygens (including phenoxy) is 2. The molecule has 6 nitrogen and oxygen atoms in total. The number of nitrogens with zero attached hydrogens (tertiary/aromatic N) is 1. The van der Waals surface area contributed by atoms with Crippen molar-refractivity contribution in [3.05, 3.63) is 59.2 Å². The monoisotopic (exact) mass is 493 g/mol. The molecule has 180 valence electrons. The van der Waals surface area contributed by atoms with Crippen LogP contribution in [-0.4, -0.2) is 30.3 Å². The van der Waals surface area contributed by atoms with Crippen molar-refractivity contribution in [3.8, 4) is 17.2 Å². The van der Waals surface area contributed by atoms with Gasteiger partial charge in [-0.3, -0.25) is 0 Å². The van der Waals surface area contributed by atoms with Gasteiger partial charge in [0.2, 0.25) is 0 Å². The third kappa shape index (κ3) is 4.45. The molecule has 3 heterocycles. The Balaban J connectivity index is 0.00000267. The normalized spacial score (nSPS) is 20.2. The third-order valence-corrected chi connectivity index (χ3v) is 7.78. The van der Waals surface area contributed by atoms with E-state index < -0.39 is 5.97 Å². The van der Waals surface area contributed by atoms with Gasteiger partial charge < -0.3 is 23.8 Å². The molecule has 0 radical (unpaired) electrons. The Morgan fingerprint density at radius 1 is 1.06 bits per heavy atom. The maximum absolute atomic E-state index is 12.3. The number of pyridine rings is 1. The van der Waals surface area contributed by atoms with Crippen molar-refractivity contribution >= 4 is 27.8 Å². The van der Waals surface area contributed by atoms with E-state index in [1.165, 1.54) is 0 Å². The van der Waals surface area contributed by atoms with Crippen LogP contribution < -0.4 is 39.4 Å². The fourth-order valence-corrected chi connectivity index (χ4v) is 5.69. The summed E-state index contributed by atoms with van der Waals surface area (Å²) < 4.78 is 17.9. The van der Waals surface area contributed by atoms with E-state index >= 15 is 0 Å². The number of benzene rings is 2. The van der Waals surface area contributed by atoms with Gasteiger partial charge in [0.25, 0.3) is 0 Å². The molecule has 6 rings (SSSR count). The second kappa shape index (κ2) is 10.2. The SMILES string of the molecule is Cc1c(-c2cc(C(=O)[O-])c3c(OC4CC(C5CCOCC5)C4)ccc(C)c3n2)oc2ccccc12.[Na+]. The Kier molecular flexibility index (Phi) is 7.14. The molecular weight excluding hydrogens is 465 g/mol. The van der Waals surface area contributed by atoms with Crippen molar-refractivity contribution in [1.29, 1.82) is 0 Å². The first-order valence-corrected chi connectivity index (χ1v) is 12.4. The summed E-state index contributed by atoms with van der Waals surface area (Å²) in [5.74, 6) is 1.23. The molecule has 1 saturated carbocycles. The molecule has 0 spiro atoms. The summed E-state index contributed by atoms with van der Waals surface area (Å²) in [5, 5.41) is 13.8. The molecule has 0 N–H and O–H groups in total. The van der Waals surface area contributed by atoms with Crippen LogP contribution >= 0.6 is 0 Å². The molecule has 1 saturated heterocycles. The molecule has 2 aromatic carbocycles. The molecule has 0 bridgehead atoms.